The van der Waals surface area contributed by atoms with Crippen LogP contribution in [0, 0.1) is 0 Å². The molecule has 1 heteroatoms. The molecule has 0 N–H and O–H groups in total. The summed E-state index contributed by atoms with van der Waals surface area (Å²) in [7, 11) is 0.354. The van der Waals surface area contributed by atoms with Crippen LogP contribution in [0.25, 0.3) is 0 Å². The fraction of sp³-hybridized carbons (Fsp3) is 0.150. The topological polar surface area (TPSA) is 0 Å². The highest BCUT2D eigenvalue weighted by Crippen LogP contribution is 2.33. The summed E-state index contributed by atoms with van der Waals surface area (Å²) >= 11 is 0. The van der Waals surface area contributed by atoms with Gasteiger partial charge in [0.15, 0.2) is 0 Å². The van der Waals surface area contributed by atoms with Crippen molar-refractivity contribution in [3.8, 4) is 0 Å². The highest BCUT2D eigenvalue weighted by molar-refractivity contribution is 8.14. The van der Waals surface area contributed by atoms with Gasteiger partial charge in [-0.15, -0.1) is 0 Å². The van der Waals surface area contributed by atoms with Crippen LogP contribution in [0.1, 0.15) is 17.0 Å². The van der Waals surface area contributed by atoms with Gasteiger partial charge in [-0.3, -0.25) is 0 Å². The van der Waals surface area contributed by atoms with E-state index >= 15 is 0 Å². The fourth-order valence-electron chi connectivity index (χ4n) is 2.70. The first-order valence-electron chi connectivity index (χ1n) is 7.27. The molecule has 0 aliphatic carbocycles. The van der Waals surface area contributed by atoms with Gasteiger partial charge in [0.1, 0.15) is 0 Å². The summed E-state index contributed by atoms with van der Waals surface area (Å²) in [5.74, 6) is 1.46. The Hall–Kier alpha value is -1.86. The Labute approximate surface area is 129 Å². The van der Waals surface area contributed by atoms with Crippen molar-refractivity contribution in [2.45, 2.75) is 5.92 Å². The summed E-state index contributed by atoms with van der Waals surface area (Å²) < 4.78 is 0. The van der Waals surface area contributed by atoms with Crippen molar-refractivity contribution in [3.63, 3.8) is 0 Å². The second-order valence-electron chi connectivity index (χ2n) is 5.32. The molecule has 1 unspecified atom stereocenters. The maximum Gasteiger partial charge on any atom is 0.0340 e. The molecule has 3 rings (SSSR count). The third kappa shape index (κ3) is 3.43. The van der Waals surface area contributed by atoms with E-state index in [9.17, 15) is 0 Å². The molecule has 0 nitrogen and oxygen atoms in total. The second-order valence-corrected chi connectivity index (χ2v) is 7.30. The van der Waals surface area contributed by atoms with E-state index in [0.717, 1.165) is 5.75 Å². The summed E-state index contributed by atoms with van der Waals surface area (Å²) in [6.07, 6.45) is 9.23. The first-order chi connectivity index (χ1) is 10.3. The molecule has 0 radical (unpaired) electrons. The minimum Gasteiger partial charge on any atom is -0.185 e. The van der Waals surface area contributed by atoms with E-state index < -0.39 is 0 Å². The van der Waals surface area contributed by atoms with Crippen molar-refractivity contribution >= 4 is 15.9 Å². The SMILES string of the molecule is CS1=CC=C(C(c2ccccc2)c2ccccc2)C=CC1. The van der Waals surface area contributed by atoms with Crippen LogP contribution in [0.5, 0.6) is 0 Å². The monoisotopic (exact) mass is 292 g/mol. The van der Waals surface area contributed by atoms with Gasteiger partial charge in [0, 0.05) is 11.7 Å². The Bertz CT molecular complexity index is 639. The first-order valence-corrected chi connectivity index (χ1v) is 9.14. The molecule has 1 atom stereocenters. The van der Waals surface area contributed by atoms with Crippen molar-refractivity contribution in [2.75, 3.05) is 12.0 Å². The molecule has 106 valence electrons. The van der Waals surface area contributed by atoms with E-state index in [4.69, 9.17) is 0 Å². The van der Waals surface area contributed by atoms with Gasteiger partial charge in [-0.2, -0.15) is 10.5 Å². The summed E-state index contributed by atoms with van der Waals surface area (Å²) in [6.45, 7) is 0. The molecular formula is C20H20S. The van der Waals surface area contributed by atoms with Gasteiger partial charge in [0.25, 0.3) is 0 Å². The van der Waals surface area contributed by atoms with Gasteiger partial charge in [-0.1, -0.05) is 78.9 Å². The Morgan fingerprint density at radius 1 is 0.857 bits per heavy atom. The molecule has 0 bridgehead atoms. The van der Waals surface area contributed by atoms with E-state index in [0.29, 0.717) is 16.4 Å². The lowest BCUT2D eigenvalue weighted by Gasteiger charge is -2.19. The van der Waals surface area contributed by atoms with Crippen LogP contribution in [0.2, 0.25) is 0 Å². The molecule has 21 heavy (non-hydrogen) atoms. The van der Waals surface area contributed by atoms with E-state index in [1.54, 1.807) is 0 Å². The predicted octanol–water partition coefficient (Wildman–Crippen LogP) is 5.02. The second kappa shape index (κ2) is 6.73. The molecule has 2 aromatic rings. The fourth-order valence-corrected chi connectivity index (χ4v) is 3.60. The molecule has 0 amide bonds. The molecular weight excluding hydrogens is 272 g/mol. The number of hydrogen-bond donors (Lipinski definition) is 0. The molecule has 1 aliphatic heterocycles. The number of allylic oxidation sites excluding steroid dienone is 3. The van der Waals surface area contributed by atoms with Gasteiger partial charge in [-0.05, 0) is 28.3 Å². The van der Waals surface area contributed by atoms with Gasteiger partial charge >= 0.3 is 0 Å². The maximum absolute atomic E-state index is 2.36. The van der Waals surface area contributed by atoms with Gasteiger partial charge in [-0.25, -0.2) is 0 Å². The summed E-state index contributed by atoms with van der Waals surface area (Å²) in [4.78, 5) is 0. The Kier molecular flexibility index (Phi) is 4.52. The van der Waals surface area contributed by atoms with Crippen LogP contribution in [-0.2, 0) is 0 Å². The number of rotatable bonds is 3. The smallest absolute Gasteiger partial charge is 0.0340 e. The quantitative estimate of drug-likeness (QED) is 0.697. The average molecular weight is 292 g/mol. The summed E-state index contributed by atoms with van der Waals surface area (Å²) in [5, 5.41) is 2.36. The van der Waals surface area contributed by atoms with Crippen molar-refractivity contribution in [1.82, 2.24) is 0 Å². The van der Waals surface area contributed by atoms with Gasteiger partial charge < -0.3 is 0 Å². The Balaban J connectivity index is 2.09. The molecule has 0 aromatic heterocycles. The van der Waals surface area contributed by atoms with Crippen LogP contribution in [-0.4, -0.2) is 17.4 Å². The highest BCUT2D eigenvalue weighted by Gasteiger charge is 2.17. The van der Waals surface area contributed by atoms with Crippen LogP contribution >= 0.6 is 10.5 Å². The van der Waals surface area contributed by atoms with E-state index in [-0.39, 0.29) is 0 Å². The minimum atomic E-state index is 0.315. The normalized spacial score (nSPS) is 18.0. The summed E-state index contributed by atoms with van der Waals surface area (Å²) in [6, 6.07) is 21.6. The first kappa shape index (κ1) is 14.1. The van der Waals surface area contributed by atoms with Crippen LogP contribution in [0.4, 0.5) is 0 Å². The van der Waals surface area contributed by atoms with E-state index in [1.807, 2.05) is 0 Å². The van der Waals surface area contributed by atoms with Crippen molar-refractivity contribution < 1.29 is 0 Å². The average Bonchev–Trinajstić information content (AvgIpc) is 2.75. The van der Waals surface area contributed by atoms with Crippen LogP contribution in [0.3, 0.4) is 0 Å². The van der Waals surface area contributed by atoms with Crippen molar-refractivity contribution in [1.29, 1.82) is 0 Å². The van der Waals surface area contributed by atoms with Crippen molar-refractivity contribution in [3.05, 3.63) is 95.6 Å². The Morgan fingerprint density at radius 3 is 2.00 bits per heavy atom. The number of hydrogen-bond acceptors (Lipinski definition) is 0. The molecule has 2 aromatic carbocycles. The van der Waals surface area contributed by atoms with Gasteiger partial charge in [0.05, 0.1) is 0 Å². The third-order valence-electron chi connectivity index (χ3n) is 3.76. The van der Waals surface area contributed by atoms with E-state index in [1.165, 1.54) is 16.7 Å². The minimum absolute atomic E-state index is 0.315. The maximum atomic E-state index is 2.36. The summed E-state index contributed by atoms with van der Waals surface area (Å²) in [5.41, 5.74) is 4.08. The largest absolute Gasteiger partial charge is 0.185 e. The van der Waals surface area contributed by atoms with E-state index in [2.05, 4.69) is 90.5 Å². The van der Waals surface area contributed by atoms with Gasteiger partial charge in [0.2, 0.25) is 0 Å². The lowest BCUT2D eigenvalue weighted by atomic mass is 9.84. The molecule has 1 heterocycles. The predicted molar refractivity (Wildman–Crippen MR) is 96.4 cm³/mol. The molecule has 1 aliphatic rings. The molecule has 0 saturated heterocycles. The molecule has 0 spiro atoms. The lowest BCUT2D eigenvalue weighted by molar-refractivity contribution is 0.979. The zero-order chi connectivity index (χ0) is 14.5. The van der Waals surface area contributed by atoms with Crippen LogP contribution < -0.4 is 0 Å². The Morgan fingerprint density at radius 2 is 1.43 bits per heavy atom. The molecule has 0 saturated carbocycles. The standard InChI is InChI=1S/C20H20S/c1-21-15-8-13-19(14-16-21)20(17-9-4-2-5-10-17)18-11-6-3-7-12-18/h2-14,16,20H,15H2,1H3. The van der Waals surface area contributed by atoms with Crippen LogP contribution in [0.15, 0.2) is 84.5 Å². The molecule has 0 fully saturated rings. The lowest BCUT2D eigenvalue weighted by Crippen LogP contribution is -2.03. The zero-order valence-corrected chi connectivity index (χ0v) is 13.1. The highest BCUT2D eigenvalue weighted by atomic mass is 32.2. The third-order valence-corrected chi connectivity index (χ3v) is 5.08. The number of benzene rings is 2. The van der Waals surface area contributed by atoms with Crippen molar-refractivity contribution in [2.24, 2.45) is 0 Å². The zero-order valence-electron chi connectivity index (χ0n) is 12.3.